The van der Waals surface area contributed by atoms with Gasteiger partial charge in [0.15, 0.2) is 0 Å². The first-order valence-electron chi connectivity index (χ1n) is 9.84. The molecule has 31 heavy (non-hydrogen) atoms. The molecular formula is C25H27ClN4O. The van der Waals surface area contributed by atoms with E-state index < -0.39 is 0 Å². The fourth-order valence-electron chi connectivity index (χ4n) is 3.12. The third-order valence-electron chi connectivity index (χ3n) is 4.54. The number of hydrogen-bond donors (Lipinski definition) is 1. The maximum absolute atomic E-state index is 8.58. The number of rotatable bonds is 5. The van der Waals surface area contributed by atoms with Crippen LogP contribution in [0, 0.1) is 13.8 Å². The summed E-state index contributed by atoms with van der Waals surface area (Å²) in [6.45, 7) is 8.14. The maximum atomic E-state index is 8.58. The van der Waals surface area contributed by atoms with Gasteiger partial charge in [0, 0.05) is 47.0 Å². The van der Waals surface area contributed by atoms with E-state index in [1.165, 1.54) is 0 Å². The SMILES string of the molecule is CC(Cc1cnc(-c2ccnc(C)c2)c(C)c1)=N/C=C(\C)c1ccccc1Cl.NC=O. The molecule has 2 N–H and O–H groups in total. The van der Waals surface area contributed by atoms with Crippen molar-refractivity contribution in [3.8, 4) is 11.3 Å². The van der Waals surface area contributed by atoms with Gasteiger partial charge in [-0.05, 0) is 68.2 Å². The van der Waals surface area contributed by atoms with Crippen molar-refractivity contribution in [2.75, 3.05) is 0 Å². The quantitative estimate of drug-likeness (QED) is 0.420. The Labute approximate surface area is 188 Å². The van der Waals surface area contributed by atoms with Crippen LogP contribution in [-0.4, -0.2) is 22.1 Å². The molecule has 0 saturated carbocycles. The van der Waals surface area contributed by atoms with Crippen molar-refractivity contribution < 1.29 is 4.79 Å². The molecule has 1 amide bonds. The number of benzene rings is 1. The first-order chi connectivity index (χ1) is 14.8. The number of halogens is 1. The summed E-state index contributed by atoms with van der Waals surface area (Å²) in [6.07, 6.45) is 6.65. The van der Waals surface area contributed by atoms with Crippen LogP contribution in [0.3, 0.4) is 0 Å². The molecule has 0 aliphatic rings. The maximum Gasteiger partial charge on any atom is 0.204 e. The number of hydrogen-bond acceptors (Lipinski definition) is 4. The van der Waals surface area contributed by atoms with Gasteiger partial charge in [-0.15, -0.1) is 0 Å². The first kappa shape index (κ1) is 24.0. The average molecular weight is 435 g/mol. The van der Waals surface area contributed by atoms with E-state index in [-0.39, 0.29) is 6.41 Å². The van der Waals surface area contributed by atoms with Crippen LogP contribution in [0.1, 0.15) is 36.2 Å². The highest BCUT2D eigenvalue weighted by Crippen LogP contribution is 2.24. The Bertz CT molecular complexity index is 1110. The molecule has 0 bridgehead atoms. The fourth-order valence-corrected chi connectivity index (χ4v) is 3.41. The largest absolute Gasteiger partial charge is 0.372 e. The van der Waals surface area contributed by atoms with Crippen LogP contribution in [0.4, 0.5) is 0 Å². The van der Waals surface area contributed by atoms with Crippen LogP contribution >= 0.6 is 11.6 Å². The molecule has 0 saturated heterocycles. The van der Waals surface area contributed by atoms with Gasteiger partial charge in [-0.1, -0.05) is 35.9 Å². The van der Waals surface area contributed by atoms with Crippen molar-refractivity contribution >= 4 is 29.3 Å². The number of carbonyl (C=O) groups is 1. The molecule has 1 aromatic carbocycles. The Morgan fingerprint density at radius 3 is 2.48 bits per heavy atom. The second kappa shape index (κ2) is 11.8. The Morgan fingerprint density at radius 2 is 1.84 bits per heavy atom. The molecular weight excluding hydrogens is 408 g/mol. The molecule has 2 aromatic heterocycles. The fraction of sp³-hybridized carbons (Fsp3) is 0.200. The molecule has 0 fully saturated rings. The number of aromatic nitrogens is 2. The molecule has 3 rings (SSSR count). The molecule has 0 atom stereocenters. The zero-order chi connectivity index (χ0) is 22.8. The average Bonchev–Trinajstić information content (AvgIpc) is 2.73. The van der Waals surface area contributed by atoms with Gasteiger partial charge in [0.1, 0.15) is 0 Å². The summed E-state index contributed by atoms with van der Waals surface area (Å²) < 4.78 is 0. The van der Waals surface area contributed by atoms with E-state index in [4.69, 9.17) is 16.4 Å². The Hall–Kier alpha value is -3.31. The van der Waals surface area contributed by atoms with Gasteiger partial charge in [-0.25, -0.2) is 0 Å². The van der Waals surface area contributed by atoms with E-state index in [1.807, 2.05) is 69.7 Å². The molecule has 160 valence electrons. The molecule has 0 unspecified atom stereocenters. The van der Waals surface area contributed by atoms with Crippen LogP contribution in [0.5, 0.6) is 0 Å². The van der Waals surface area contributed by atoms with Crippen LogP contribution in [0.15, 0.2) is 66.1 Å². The van der Waals surface area contributed by atoms with Crippen LogP contribution in [-0.2, 0) is 11.2 Å². The Morgan fingerprint density at radius 1 is 1.13 bits per heavy atom. The van der Waals surface area contributed by atoms with E-state index >= 15 is 0 Å². The standard InChI is InChI=1S/C24H24ClN3.CH3NO/c1-16-11-20(15-28-24(16)21-9-10-26-19(4)13-21)12-18(3)27-14-17(2)22-7-5-6-8-23(22)25;2-1-3/h5-11,13-15H,12H2,1-4H3;1H,(H2,2,3)/b17-14+,27-18?;. The number of aliphatic imine (C=N–C) groups is 1. The summed E-state index contributed by atoms with van der Waals surface area (Å²) >= 11 is 6.26. The monoisotopic (exact) mass is 434 g/mol. The van der Waals surface area contributed by atoms with Crippen LogP contribution in [0.25, 0.3) is 16.8 Å². The molecule has 0 aliphatic heterocycles. The van der Waals surface area contributed by atoms with Gasteiger partial charge in [-0.3, -0.25) is 19.8 Å². The highest BCUT2D eigenvalue weighted by molar-refractivity contribution is 6.32. The van der Waals surface area contributed by atoms with Gasteiger partial charge >= 0.3 is 0 Å². The summed E-state index contributed by atoms with van der Waals surface area (Å²) in [5, 5.41) is 0.742. The number of allylic oxidation sites excluding steroid dienone is 1. The number of carbonyl (C=O) groups excluding carboxylic acids is 1. The van der Waals surface area contributed by atoms with E-state index in [9.17, 15) is 0 Å². The lowest BCUT2D eigenvalue weighted by molar-refractivity contribution is -0.106. The van der Waals surface area contributed by atoms with Crippen molar-refractivity contribution in [1.82, 2.24) is 9.97 Å². The number of primary amides is 1. The zero-order valence-corrected chi connectivity index (χ0v) is 19.0. The predicted octanol–water partition coefficient (Wildman–Crippen LogP) is 5.58. The van der Waals surface area contributed by atoms with Crippen molar-refractivity contribution in [3.05, 3.63) is 88.5 Å². The van der Waals surface area contributed by atoms with E-state index in [2.05, 4.69) is 39.8 Å². The number of nitrogens with two attached hydrogens (primary N) is 1. The molecule has 0 aliphatic carbocycles. The van der Waals surface area contributed by atoms with Crippen LogP contribution < -0.4 is 5.73 Å². The minimum atomic E-state index is 0.250. The second-order valence-electron chi connectivity index (χ2n) is 7.16. The Balaban J connectivity index is 0.00000107. The van der Waals surface area contributed by atoms with Gasteiger partial charge in [0.25, 0.3) is 0 Å². The molecule has 5 nitrogen and oxygen atoms in total. The van der Waals surface area contributed by atoms with E-state index in [1.54, 1.807) is 0 Å². The molecule has 2 heterocycles. The van der Waals surface area contributed by atoms with E-state index in [0.717, 1.165) is 56.4 Å². The number of nitrogens with zero attached hydrogens (tertiary/aromatic N) is 3. The highest BCUT2D eigenvalue weighted by Gasteiger charge is 2.06. The third kappa shape index (κ3) is 7.15. The topological polar surface area (TPSA) is 81.2 Å². The normalized spacial score (nSPS) is 11.5. The molecule has 6 heteroatoms. The summed E-state index contributed by atoms with van der Waals surface area (Å²) in [7, 11) is 0. The number of pyridine rings is 2. The van der Waals surface area contributed by atoms with Gasteiger partial charge in [0.05, 0.1) is 5.69 Å². The third-order valence-corrected chi connectivity index (χ3v) is 4.87. The van der Waals surface area contributed by atoms with Crippen molar-refractivity contribution in [2.45, 2.75) is 34.1 Å². The van der Waals surface area contributed by atoms with Crippen molar-refractivity contribution in [2.24, 2.45) is 10.7 Å². The number of aryl methyl sites for hydroxylation is 2. The summed E-state index contributed by atoms with van der Waals surface area (Å²) in [4.78, 5) is 22.1. The number of amides is 1. The second-order valence-corrected chi connectivity index (χ2v) is 7.57. The predicted molar refractivity (Wildman–Crippen MR) is 129 cm³/mol. The Kier molecular flexibility index (Phi) is 9.10. The summed E-state index contributed by atoms with van der Waals surface area (Å²) in [5.74, 6) is 0. The first-order valence-corrected chi connectivity index (χ1v) is 10.2. The highest BCUT2D eigenvalue weighted by atomic mass is 35.5. The summed E-state index contributed by atoms with van der Waals surface area (Å²) in [5.41, 5.74) is 12.6. The lowest BCUT2D eigenvalue weighted by Gasteiger charge is -2.08. The lowest BCUT2D eigenvalue weighted by Crippen LogP contribution is -2.00. The minimum Gasteiger partial charge on any atom is -0.372 e. The van der Waals surface area contributed by atoms with Crippen molar-refractivity contribution in [3.63, 3.8) is 0 Å². The van der Waals surface area contributed by atoms with E-state index in [0.29, 0.717) is 0 Å². The summed E-state index contributed by atoms with van der Waals surface area (Å²) in [6, 6.07) is 14.1. The van der Waals surface area contributed by atoms with Gasteiger partial charge < -0.3 is 5.73 Å². The zero-order valence-electron chi connectivity index (χ0n) is 18.3. The van der Waals surface area contributed by atoms with Crippen LogP contribution in [0.2, 0.25) is 5.02 Å². The lowest BCUT2D eigenvalue weighted by atomic mass is 10.0. The smallest absolute Gasteiger partial charge is 0.204 e. The van der Waals surface area contributed by atoms with Gasteiger partial charge in [-0.2, -0.15) is 0 Å². The minimum absolute atomic E-state index is 0.250. The molecule has 0 radical (unpaired) electrons. The molecule has 3 aromatic rings. The van der Waals surface area contributed by atoms with Gasteiger partial charge in [0.2, 0.25) is 6.41 Å². The molecule has 0 spiro atoms. The van der Waals surface area contributed by atoms with Crippen molar-refractivity contribution in [1.29, 1.82) is 0 Å².